The molecule has 2 atom stereocenters. The van der Waals surface area contributed by atoms with Gasteiger partial charge in [-0.25, -0.2) is 4.99 Å². The van der Waals surface area contributed by atoms with Gasteiger partial charge in [-0.3, -0.25) is 20.0 Å². The van der Waals surface area contributed by atoms with E-state index in [1.54, 1.807) is 15.8 Å². The molecule has 1 N–H and O–H groups in total. The molecule has 0 radical (unpaired) electrons. The van der Waals surface area contributed by atoms with Crippen molar-refractivity contribution in [3.63, 3.8) is 0 Å². The number of aliphatic imine (C=N–C) groups is 2. The average Bonchev–Trinajstić information content (AvgIpc) is 2.94. The molecule has 0 amide bonds. The number of aromatic nitrogens is 2. The Morgan fingerprint density at radius 1 is 1.52 bits per heavy atom. The van der Waals surface area contributed by atoms with Crippen LogP contribution in [0.15, 0.2) is 62.9 Å². The third-order valence-electron chi connectivity index (χ3n) is 5.01. The number of rotatable bonds is 9. The normalized spacial score (nSPS) is 19.0. The maximum absolute atomic E-state index is 13.7. The van der Waals surface area contributed by atoms with Gasteiger partial charge in [0.1, 0.15) is 6.04 Å². The number of nitrogens with zero attached hydrogens (tertiary/aromatic N) is 7. The van der Waals surface area contributed by atoms with Crippen LogP contribution >= 0.6 is 0 Å². The molecular weight excluding hydrogens is 395 g/mol. The van der Waals surface area contributed by atoms with Crippen molar-refractivity contribution in [2.45, 2.75) is 45.4 Å². The summed E-state index contributed by atoms with van der Waals surface area (Å²) < 4.78 is 15.5. The quantitative estimate of drug-likeness (QED) is 0.376. The zero-order valence-corrected chi connectivity index (χ0v) is 18.2. The van der Waals surface area contributed by atoms with Gasteiger partial charge in [-0.1, -0.05) is 19.1 Å². The number of nitrogens with one attached hydrogen (secondary N) is 1. The highest BCUT2D eigenvalue weighted by Crippen LogP contribution is 2.21. The highest BCUT2D eigenvalue weighted by Gasteiger charge is 2.30. The molecule has 31 heavy (non-hydrogen) atoms. The van der Waals surface area contributed by atoms with E-state index >= 15 is 0 Å². The topological polar surface area (TPSA) is 74.5 Å². The second-order valence-electron chi connectivity index (χ2n) is 7.30. The van der Waals surface area contributed by atoms with Gasteiger partial charge in [0.2, 0.25) is 12.1 Å². The molecule has 0 aromatic carbocycles. The van der Waals surface area contributed by atoms with Crippen molar-refractivity contribution in [1.29, 1.82) is 0 Å². The highest BCUT2D eigenvalue weighted by molar-refractivity contribution is 5.89. The van der Waals surface area contributed by atoms with Crippen LogP contribution in [-0.4, -0.2) is 52.2 Å². The van der Waals surface area contributed by atoms with Crippen LogP contribution in [0.2, 0.25) is 0 Å². The Kier molecular flexibility index (Phi) is 7.62. The molecule has 9 heteroatoms. The second-order valence-corrected chi connectivity index (χ2v) is 7.30. The number of aryl methyl sites for hydroxylation is 1. The lowest BCUT2D eigenvalue weighted by molar-refractivity contribution is 0.283. The van der Waals surface area contributed by atoms with E-state index < -0.39 is 5.95 Å². The van der Waals surface area contributed by atoms with E-state index in [0.717, 1.165) is 23.3 Å². The first kappa shape index (κ1) is 22.3. The Labute approximate surface area is 182 Å². The minimum absolute atomic E-state index is 0.203. The molecule has 0 bridgehead atoms. The number of hydrogen-bond acceptors (Lipinski definition) is 6. The number of halogens is 1. The van der Waals surface area contributed by atoms with Crippen LogP contribution in [0.25, 0.3) is 4.85 Å². The van der Waals surface area contributed by atoms with Gasteiger partial charge in [-0.2, -0.15) is 14.6 Å². The van der Waals surface area contributed by atoms with E-state index in [-0.39, 0.29) is 12.2 Å². The lowest BCUT2D eigenvalue weighted by Gasteiger charge is -2.23. The lowest BCUT2D eigenvalue weighted by Crippen LogP contribution is -2.34. The fourth-order valence-electron chi connectivity index (χ4n) is 3.30. The molecule has 0 saturated heterocycles. The largest absolute Gasteiger partial charge is 0.345 e. The minimum Gasteiger partial charge on any atom is -0.277 e. The maximum Gasteiger partial charge on any atom is 0.345 e. The van der Waals surface area contributed by atoms with E-state index in [0.29, 0.717) is 25.2 Å². The Balaban J connectivity index is 1.73. The van der Waals surface area contributed by atoms with Gasteiger partial charge in [0.15, 0.2) is 0 Å². The Bertz CT molecular complexity index is 1020. The van der Waals surface area contributed by atoms with Crippen LogP contribution in [0.1, 0.15) is 32.3 Å². The van der Waals surface area contributed by atoms with Gasteiger partial charge < -0.3 is 0 Å². The molecule has 0 fully saturated rings. The van der Waals surface area contributed by atoms with Crippen LogP contribution in [0.4, 0.5) is 4.39 Å². The molecule has 2 aliphatic rings. The second kappa shape index (κ2) is 10.6. The predicted molar refractivity (Wildman–Crippen MR) is 123 cm³/mol. The first-order valence-corrected chi connectivity index (χ1v) is 10.3. The predicted octanol–water partition coefficient (Wildman–Crippen LogP) is 3.44. The highest BCUT2D eigenvalue weighted by atomic mass is 19.1. The molecule has 162 valence electrons. The number of hydrazone groups is 1. The van der Waals surface area contributed by atoms with Crippen molar-refractivity contribution in [3.8, 4) is 6.07 Å². The van der Waals surface area contributed by atoms with E-state index in [4.69, 9.17) is 0 Å². The van der Waals surface area contributed by atoms with E-state index in [9.17, 15) is 4.39 Å². The Hall–Kier alpha value is -3.38. The zero-order valence-electron chi connectivity index (χ0n) is 18.2. The monoisotopic (exact) mass is 423 g/mol. The van der Waals surface area contributed by atoms with E-state index in [1.807, 2.05) is 38.7 Å². The Morgan fingerprint density at radius 3 is 3.06 bits per heavy atom. The van der Waals surface area contributed by atoms with Crippen LogP contribution in [0, 0.1) is 6.07 Å². The van der Waals surface area contributed by atoms with Gasteiger partial charge in [0.05, 0.1) is 18.3 Å². The summed E-state index contributed by atoms with van der Waals surface area (Å²) in [4.78, 5) is 13.2. The number of hydrogen-bond donors (Lipinski definition) is 1. The summed E-state index contributed by atoms with van der Waals surface area (Å²) in [6, 6.07) is 2.88. The summed E-state index contributed by atoms with van der Waals surface area (Å²) in [6.07, 6.45) is 11.4. The fraction of sp³-hybridized carbons (Fsp3) is 0.409. The van der Waals surface area contributed by atoms with Gasteiger partial charge in [0.25, 0.3) is 0 Å². The van der Waals surface area contributed by atoms with Crippen molar-refractivity contribution in [3.05, 3.63) is 58.3 Å². The first-order valence-electron chi connectivity index (χ1n) is 10.3. The van der Waals surface area contributed by atoms with Crippen LogP contribution in [0.3, 0.4) is 0 Å². The fourth-order valence-corrected chi connectivity index (χ4v) is 3.30. The number of allylic oxidation sites excluding steroid dienone is 4. The van der Waals surface area contributed by atoms with E-state index in [1.165, 1.54) is 6.08 Å². The van der Waals surface area contributed by atoms with Gasteiger partial charge >= 0.3 is 11.8 Å². The lowest BCUT2D eigenvalue weighted by atomic mass is 10.1. The van der Waals surface area contributed by atoms with Crippen molar-refractivity contribution >= 4 is 18.6 Å². The van der Waals surface area contributed by atoms with E-state index in [2.05, 4.69) is 50.1 Å². The average molecular weight is 424 g/mol. The summed E-state index contributed by atoms with van der Waals surface area (Å²) in [6.45, 7) is 8.70. The molecule has 0 saturated carbocycles. The molecule has 8 nitrogen and oxygen atoms in total. The van der Waals surface area contributed by atoms with Crippen LogP contribution in [-0.2, 0) is 13.6 Å². The molecule has 3 rings (SSSR count). The van der Waals surface area contributed by atoms with Crippen molar-refractivity contribution in [2.24, 2.45) is 22.1 Å². The molecule has 0 aliphatic carbocycles. The molecule has 2 unspecified atom stereocenters. The summed E-state index contributed by atoms with van der Waals surface area (Å²) >= 11 is 0. The Morgan fingerprint density at radius 2 is 2.35 bits per heavy atom. The van der Waals surface area contributed by atoms with Gasteiger partial charge in [0, 0.05) is 50.4 Å². The zero-order chi connectivity index (χ0) is 22.2. The van der Waals surface area contributed by atoms with Crippen LogP contribution < -0.4 is 5.32 Å². The van der Waals surface area contributed by atoms with Crippen molar-refractivity contribution in [1.82, 2.24) is 20.1 Å². The maximum atomic E-state index is 13.7. The summed E-state index contributed by atoms with van der Waals surface area (Å²) in [7, 11) is 1.88. The van der Waals surface area contributed by atoms with Gasteiger partial charge in [-0.15, -0.1) is 0 Å². The molecule has 2 aliphatic heterocycles. The summed E-state index contributed by atoms with van der Waals surface area (Å²) in [5, 5.41) is 13.4. The summed E-state index contributed by atoms with van der Waals surface area (Å²) in [5.41, 5.74) is 3.53. The minimum atomic E-state index is -0.510. The molecule has 1 aromatic heterocycles. The van der Waals surface area contributed by atoms with Crippen LogP contribution in [0.5, 0.6) is 0 Å². The third-order valence-corrected chi connectivity index (χ3v) is 5.01. The van der Waals surface area contributed by atoms with Gasteiger partial charge in [-0.05, 0) is 24.3 Å². The van der Waals surface area contributed by atoms with Crippen molar-refractivity contribution in [2.75, 3.05) is 6.54 Å². The smallest absolute Gasteiger partial charge is 0.277 e. The van der Waals surface area contributed by atoms with Crippen molar-refractivity contribution < 1.29 is 4.39 Å². The molecule has 1 aromatic rings. The standard InChI is InChI=1S/C22H28FN8/c1-5-18-12-26-21(25-10-17-11-28-30(4)14-17)13-27-22(18)16(2)31(24-3)15-19-8-6-7-9-20(23)29-19/h6-7,9,11-12,14,16,21,25H,3,5,8,10,15H2,1-2,4H3/q+1. The molecule has 0 spiro atoms. The third kappa shape index (κ3) is 6.06. The molecule has 3 heterocycles. The molecular formula is C22H28FN8+. The SMILES string of the molecule is C=NN(CC1=NC(F)=CC=CC1)C(C)C1=C(CC)C=NC(NCc2cnn(C)c2)C#[N+]1. The first-order chi connectivity index (χ1) is 15.0. The summed E-state index contributed by atoms with van der Waals surface area (Å²) in [5.74, 6) is -0.510.